The van der Waals surface area contributed by atoms with Crippen molar-refractivity contribution in [3.8, 4) is 0 Å². The molecule has 4 atom stereocenters. The summed E-state index contributed by atoms with van der Waals surface area (Å²) < 4.78 is 0. The molecule has 0 spiro atoms. The third kappa shape index (κ3) is 14.9. The molecule has 0 aliphatic carbocycles. The van der Waals surface area contributed by atoms with Crippen LogP contribution in [0.15, 0.2) is 58.1 Å². The number of amides is 2. The van der Waals surface area contributed by atoms with Crippen LogP contribution < -0.4 is 75.3 Å². The largest absolute Gasteiger partial charge is 2.00 e. The van der Waals surface area contributed by atoms with E-state index in [0.29, 0.717) is 60.6 Å². The molecule has 27 heteroatoms. The first-order valence-corrected chi connectivity index (χ1v) is 19.4. The Kier molecular flexibility index (Phi) is 18.1. The van der Waals surface area contributed by atoms with Gasteiger partial charge in [0, 0.05) is 60.6 Å². The van der Waals surface area contributed by atoms with Gasteiger partial charge in [-0.05, 0) is 74.2 Å². The van der Waals surface area contributed by atoms with Gasteiger partial charge in [-0.1, -0.05) is 0 Å². The predicted octanol–water partition coefficient (Wildman–Crippen LogP) is -3.61. The molecule has 340 valence electrons. The van der Waals surface area contributed by atoms with Gasteiger partial charge in [0.15, 0.2) is 11.6 Å². The second kappa shape index (κ2) is 23.4. The van der Waals surface area contributed by atoms with Crippen molar-refractivity contribution in [1.29, 1.82) is 0 Å². The molecule has 65 heavy (non-hydrogen) atoms. The number of aromatic amines is 2. The molecule has 0 radical (unpaired) electrons. The summed E-state index contributed by atoms with van der Waals surface area (Å²) in [6.07, 6.45) is -1.52. The fourth-order valence-electron chi connectivity index (χ4n) is 6.18. The summed E-state index contributed by atoms with van der Waals surface area (Å²) in [5.41, 5.74) is 12.7. The average molecular weight is 929 g/mol. The smallest absolute Gasteiger partial charge is 0.550 e. The number of aromatic nitrogens is 4. The van der Waals surface area contributed by atoms with E-state index in [2.05, 4.69) is 62.5 Å². The first kappa shape index (κ1) is 50.3. The van der Waals surface area contributed by atoms with E-state index in [1.165, 1.54) is 24.3 Å². The van der Waals surface area contributed by atoms with E-state index < -0.39 is 60.6 Å². The van der Waals surface area contributed by atoms with Gasteiger partial charge in [0.25, 0.3) is 22.9 Å². The Hall–Kier alpha value is -7.32. The van der Waals surface area contributed by atoms with Crippen LogP contribution in [-0.4, -0.2) is 154 Å². The van der Waals surface area contributed by atoms with E-state index in [9.17, 15) is 48.6 Å². The van der Waals surface area contributed by atoms with Crippen LogP contribution >= 0.6 is 0 Å². The van der Waals surface area contributed by atoms with Crippen molar-refractivity contribution in [2.24, 2.45) is 0 Å². The number of carboxylic acid groups (broad SMARTS) is 4. The number of nitrogen functional groups attached to an aromatic ring is 2. The van der Waals surface area contributed by atoms with E-state index in [1.807, 2.05) is 0 Å². The maximum absolute atomic E-state index is 12.3. The molecule has 0 saturated carbocycles. The Morgan fingerprint density at radius 1 is 0.646 bits per heavy atom. The number of nitrogens with two attached hydrogens (primary N) is 2. The van der Waals surface area contributed by atoms with Crippen molar-refractivity contribution in [2.45, 2.75) is 49.9 Å². The minimum absolute atomic E-state index is 0. The third-order valence-corrected chi connectivity index (χ3v) is 9.48. The third-order valence-electron chi connectivity index (χ3n) is 9.48. The van der Waals surface area contributed by atoms with Crippen LogP contribution in [0.25, 0.3) is 0 Å². The quantitative estimate of drug-likeness (QED) is 0.0428. The number of hydrogen-bond acceptors (Lipinski definition) is 20. The number of nitrogens with zero attached hydrogens (tertiary/aromatic N) is 2. The Balaban J connectivity index is 0.000000280. The number of H-pyrrole nitrogens is 2. The van der Waals surface area contributed by atoms with Crippen LogP contribution in [0.1, 0.15) is 46.4 Å². The van der Waals surface area contributed by atoms with Gasteiger partial charge >= 0.3 is 49.7 Å². The molecule has 2 aliphatic heterocycles. The summed E-state index contributed by atoms with van der Waals surface area (Å²) in [4.78, 5) is 105. The standard InChI is InChI=1S/2C19H23N7O6.Ca/c2*20-19-25-15-14(17(30)26-19)23-11(8-22-15)7-21-10-3-1-9(2-4-10)16(29)24-12(18(31)32)5-6-13(27)28;/h2*1-4,11-12,21,23H,5-8H2,(H,24,29)(H,27,28)(H,31,32)(H4,20,22,25,26,30);/q;;+2/p-2/t2*11?,12-;/m00./s1. The molecule has 4 heterocycles. The Labute approximate surface area is 397 Å². The molecule has 26 nitrogen and oxygen atoms in total. The van der Waals surface area contributed by atoms with Gasteiger partial charge in [0.1, 0.15) is 23.5 Å². The minimum atomic E-state index is -1.39. The summed E-state index contributed by atoms with van der Waals surface area (Å²) in [6, 6.07) is 9.69. The van der Waals surface area contributed by atoms with E-state index in [0.717, 1.165) is 0 Å². The average Bonchev–Trinajstić information content (AvgIpc) is 3.25. The molecular weight excluding hydrogens is 885 g/mol. The Morgan fingerprint density at radius 3 is 1.32 bits per heavy atom. The summed E-state index contributed by atoms with van der Waals surface area (Å²) >= 11 is 0. The van der Waals surface area contributed by atoms with Crippen molar-refractivity contribution >= 4 is 120 Å². The maximum atomic E-state index is 12.3. The number of fused-ring (bicyclic) bond motifs is 2. The zero-order valence-electron chi connectivity index (χ0n) is 34.3. The molecule has 2 aliphatic rings. The van der Waals surface area contributed by atoms with Crippen molar-refractivity contribution in [3.63, 3.8) is 0 Å². The number of benzene rings is 2. The molecule has 2 aromatic carbocycles. The maximum Gasteiger partial charge on any atom is 2.00 e. The number of anilines is 8. The van der Waals surface area contributed by atoms with E-state index in [1.54, 1.807) is 24.3 Å². The van der Waals surface area contributed by atoms with Crippen LogP contribution in [-0.2, 0) is 19.2 Å². The van der Waals surface area contributed by atoms with Crippen LogP contribution in [0.5, 0.6) is 0 Å². The molecule has 0 fully saturated rings. The van der Waals surface area contributed by atoms with E-state index in [-0.39, 0.29) is 96.8 Å². The van der Waals surface area contributed by atoms with Crippen molar-refractivity contribution in [2.75, 3.05) is 69.5 Å². The van der Waals surface area contributed by atoms with Crippen LogP contribution in [0.3, 0.4) is 0 Å². The summed E-state index contributed by atoms with van der Waals surface area (Å²) in [6.45, 7) is 1.90. The van der Waals surface area contributed by atoms with Gasteiger partial charge in [-0.25, -0.2) is 9.59 Å². The monoisotopic (exact) mass is 928 g/mol. The zero-order valence-corrected chi connectivity index (χ0v) is 36.5. The van der Waals surface area contributed by atoms with Gasteiger partial charge in [-0.3, -0.25) is 29.1 Å². The van der Waals surface area contributed by atoms with Crippen LogP contribution in [0.4, 0.5) is 46.3 Å². The molecule has 16 N–H and O–H groups in total. The van der Waals surface area contributed by atoms with Gasteiger partial charge < -0.3 is 84.0 Å². The van der Waals surface area contributed by atoms with Crippen LogP contribution in [0, 0.1) is 0 Å². The number of rotatable bonds is 18. The number of carboxylic acids is 4. The molecule has 0 saturated heterocycles. The fraction of sp³-hybridized carbons (Fsp3) is 0.316. The van der Waals surface area contributed by atoms with E-state index >= 15 is 0 Å². The second-order valence-electron chi connectivity index (χ2n) is 14.3. The molecule has 2 aromatic heterocycles. The topological polar surface area (TPSA) is 429 Å². The van der Waals surface area contributed by atoms with Gasteiger partial charge in [0.2, 0.25) is 11.9 Å². The number of hydrogen-bond donors (Lipinski definition) is 14. The molecule has 2 unspecified atom stereocenters. The molecule has 4 aromatic rings. The molecule has 2 amide bonds. The minimum Gasteiger partial charge on any atom is -0.550 e. The van der Waals surface area contributed by atoms with Crippen molar-refractivity contribution in [3.05, 3.63) is 80.4 Å². The first-order chi connectivity index (χ1) is 30.4. The van der Waals surface area contributed by atoms with Crippen molar-refractivity contribution in [1.82, 2.24) is 30.6 Å². The fourth-order valence-corrected chi connectivity index (χ4v) is 6.18. The van der Waals surface area contributed by atoms with Crippen molar-refractivity contribution < 1.29 is 49.2 Å². The SMILES string of the molecule is Nc1nc2c(c(=O)[nH]1)NC(CNc1ccc(C(=O)N[C@@H](CCC(=O)[O-])C(=O)O)cc1)CN2.Nc1nc2c(c(=O)[nH]1)NC(CNc1ccc(C(=O)N[C@@H](CCC(=O)[O-])C(=O)O)cc1)CN2.[Ca+2]. The number of nitrogens with one attached hydrogen (secondary N) is 10. The predicted molar refractivity (Wildman–Crippen MR) is 232 cm³/mol. The van der Waals surface area contributed by atoms with Gasteiger partial charge in [-0.2, -0.15) is 9.97 Å². The van der Waals surface area contributed by atoms with Gasteiger partial charge in [-0.15, -0.1) is 0 Å². The molecular formula is C38H44CaN14O12. The first-order valence-electron chi connectivity index (χ1n) is 19.4. The Morgan fingerprint density at radius 2 is 1.00 bits per heavy atom. The second-order valence-corrected chi connectivity index (χ2v) is 14.3. The summed E-state index contributed by atoms with van der Waals surface area (Å²) in [7, 11) is 0. The number of carbonyl (C=O) groups is 6. The van der Waals surface area contributed by atoms with Gasteiger partial charge in [0.05, 0.1) is 12.1 Å². The molecule has 0 bridgehead atoms. The number of aliphatic carboxylic acids is 4. The van der Waals surface area contributed by atoms with E-state index in [4.69, 9.17) is 21.7 Å². The Bertz CT molecular complexity index is 2320. The zero-order chi connectivity index (χ0) is 46.5. The van der Waals surface area contributed by atoms with Crippen LogP contribution in [0.2, 0.25) is 0 Å². The summed E-state index contributed by atoms with van der Waals surface area (Å²) in [5.74, 6) is -5.89. The number of carbonyl (C=O) groups excluding carboxylic acids is 4. The normalized spacial score (nSPS) is 15.2. The summed E-state index contributed by atoms with van der Waals surface area (Å²) in [5, 5.41) is 62.5. The molecule has 6 rings (SSSR count).